The van der Waals surface area contributed by atoms with Crippen molar-refractivity contribution in [3.8, 4) is 5.75 Å². The minimum atomic E-state index is -0.270. The third-order valence-electron chi connectivity index (χ3n) is 4.21. The van der Waals surface area contributed by atoms with Gasteiger partial charge < -0.3 is 19.8 Å². The van der Waals surface area contributed by atoms with Gasteiger partial charge in [0.15, 0.2) is 5.76 Å². The van der Waals surface area contributed by atoms with Crippen molar-refractivity contribution in [1.82, 2.24) is 10.6 Å². The van der Waals surface area contributed by atoms with Crippen LogP contribution in [0, 0.1) is 0 Å². The number of nitrogens with one attached hydrogen (secondary N) is 2. The zero-order valence-electron chi connectivity index (χ0n) is 15.2. The van der Waals surface area contributed by atoms with Gasteiger partial charge in [-0.05, 0) is 53.1 Å². The molecule has 27 heavy (non-hydrogen) atoms. The SMILES string of the molecule is COc1ccc2cc(CNC(=O)CCCNC(=O)c3ccco3)ccc2c1. The van der Waals surface area contributed by atoms with E-state index in [1.165, 1.54) is 6.26 Å². The van der Waals surface area contributed by atoms with Crippen LogP contribution >= 0.6 is 0 Å². The maximum atomic E-state index is 12.0. The standard InChI is InChI=1S/C21H22N2O4/c1-26-18-9-8-16-12-15(6-7-17(16)13-18)14-23-20(24)5-2-10-22-21(25)19-4-3-11-27-19/h3-4,6-9,11-13H,2,5,10,14H2,1H3,(H,22,25)(H,23,24). The van der Waals surface area contributed by atoms with Crippen LogP contribution in [-0.4, -0.2) is 25.5 Å². The molecule has 0 bridgehead atoms. The van der Waals surface area contributed by atoms with Crippen molar-refractivity contribution in [3.63, 3.8) is 0 Å². The van der Waals surface area contributed by atoms with Crippen LogP contribution in [0.3, 0.4) is 0 Å². The summed E-state index contributed by atoms with van der Waals surface area (Å²) in [5, 5.41) is 7.82. The van der Waals surface area contributed by atoms with E-state index in [4.69, 9.17) is 9.15 Å². The van der Waals surface area contributed by atoms with Gasteiger partial charge in [-0.15, -0.1) is 0 Å². The number of rotatable bonds is 8. The van der Waals surface area contributed by atoms with E-state index in [0.29, 0.717) is 25.9 Å². The van der Waals surface area contributed by atoms with E-state index in [-0.39, 0.29) is 17.6 Å². The second kappa shape index (κ2) is 8.89. The molecule has 0 atom stereocenters. The first kappa shape index (κ1) is 18.5. The van der Waals surface area contributed by atoms with Gasteiger partial charge in [0.1, 0.15) is 5.75 Å². The molecule has 2 amide bonds. The molecule has 2 N–H and O–H groups in total. The fourth-order valence-corrected chi connectivity index (χ4v) is 2.74. The zero-order chi connectivity index (χ0) is 19.1. The lowest BCUT2D eigenvalue weighted by molar-refractivity contribution is -0.121. The predicted molar refractivity (Wildman–Crippen MR) is 103 cm³/mol. The maximum Gasteiger partial charge on any atom is 0.286 e. The van der Waals surface area contributed by atoms with Gasteiger partial charge in [0, 0.05) is 19.5 Å². The number of hydrogen-bond acceptors (Lipinski definition) is 4. The first-order valence-electron chi connectivity index (χ1n) is 8.81. The maximum absolute atomic E-state index is 12.0. The third-order valence-corrected chi connectivity index (χ3v) is 4.21. The van der Waals surface area contributed by atoms with Gasteiger partial charge in [-0.25, -0.2) is 0 Å². The van der Waals surface area contributed by atoms with E-state index in [0.717, 1.165) is 22.1 Å². The van der Waals surface area contributed by atoms with Gasteiger partial charge in [0.05, 0.1) is 13.4 Å². The van der Waals surface area contributed by atoms with Gasteiger partial charge in [-0.2, -0.15) is 0 Å². The molecule has 0 spiro atoms. The van der Waals surface area contributed by atoms with Gasteiger partial charge in [-0.3, -0.25) is 9.59 Å². The van der Waals surface area contributed by atoms with Crippen molar-refractivity contribution >= 4 is 22.6 Å². The summed E-state index contributed by atoms with van der Waals surface area (Å²) in [6, 6.07) is 15.2. The molecule has 140 valence electrons. The Hall–Kier alpha value is -3.28. The average molecular weight is 366 g/mol. The summed E-state index contributed by atoms with van der Waals surface area (Å²) in [6.07, 6.45) is 2.37. The molecule has 0 radical (unpaired) electrons. The number of benzene rings is 2. The van der Waals surface area contributed by atoms with Gasteiger partial charge in [0.25, 0.3) is 5.91 Å². The third kappa shape index (κ3) is 5.10. The smallest absolute Gasteiger partial charge is 0.286 e. The highest BCUT2D eigenvalue weighted by atomic mass is 16.5. The number of furan rings is 1. The molecule has 6 nitrogen and oxygen atoms in total. The second-order valence-corrected chi connectivity index (χ2v) is 6.16. The minimum Gasteiger partial charge on any atom is -0.497 e. The fraction of sp³-hybridized carbons (Fsp3) is 0.238. The number of methoxy groups -OCH3 is 1. The summed E-state index contributed by atoms with van der Waals surface area (Å²) in [6.45, 7) is 0.893. The van der Waals surface area contributed by atoms with Gasteiger partial charge in [-0.1, -0.05) is 18.2 Å². The molecule has 0 aliphatic carbocycles. The summed E-state index contributed by atoms with van der Waals surface area (Å²) in [7, 11) is 1.65. The highest BCUT2D eigenvalue weighted by Crippen LogP contribution is 2.21. The highest BCUT2D eigenvalue weighted by molar-refractivity contribution is 5.91. The summed E-state index contributed by atoms with van der Waals surface area (Å²) >= 11 is 0. The Morgan fingerprint density at radius 2 is 1.85 bits per heavy atom. The number of fused-ring (bicyclic) bond motifs is 1. The lowest BCUT2D eigenvalue weighted by atomic mass is 10.1. The van der Waals surface area contributed by atoms with Crippen LogP contribution in [0.15, 0.2) is 59.2 Å². The lowest BCUT2D eigenvalue weighted by Gasteiger charge is -2.08. The predicted octanol–water partition coefficient (Wildman–Crippen LogP) is 3.27. The Bertz CT molecular complexity index is 919. The van der Waals surface area contributed by atoms with Crippen LogP contribution in [0.5, 0.6) is 5.75 Å². The number of hydrogen-bond donors (Lipinski definition) is 2. The van der Waals surface area contributed by atoms with Crippen molar-refractivity contribution in [2.45, 2.75) is 19.4 Å². The number of amides is 2. The van der Waals surface area contributed by atoms with Gasteiger partial charge in [0.2, 0.25) is 5.91 Å². The van der Waals surface area contributed by atoms with E-state index < -0.39 is 0 Å². The molecule has 1 heterocycles. The lowest BCUT2D eigenvalue weighted by Crippen LogP contribution is -2.27. The second-order valence-electron chi connectivity index (χ2n) is 6.16. The number of carbonyl (C=O) groups excluding carboxylic acids is 2. The largest absolute Gasteiger partial charge is 0.497 e. The minimum absolute atomic E-state index is 0.0444. The van der Waals surface area contributed by atoms with E-state index >= 15 is 0 Å². The summed E-state index contributed by atoms with van der Waals surface area (Å²) in [5.41, 5.74) is 1.03. The Balaban J connectivity index is 1.41. The topological polar surface area (TPSA) is 80.6 Å². The molecule has 0 fully saturated rings. The molecular weight excluding hydrogens is 344 g/mol. The summed E-state index contributed by atoms with van der Waals surface area (Å²) in [5.74, 6) is 0.779. The monoisotopic (exact) mass is 366 g/mol. The van der Waals surface area contributed by atoms with Crippen LogP contribution in [-0.2, 0) is 11.3 Å². The van der Waals surface area contributed by atoms with Crippen LogP contribution in [0.2, 0.25) is 0 Å². The zero-order valence-corrected chi connectivity index (χ0v) is 15.2. The van der Waals surface area contributed by atoms with Crippen molar-refractivity contribution in [3.05, 3.63) is 66.1 Å². The first-order valence-corrected chi connectivity index (χ1v) is 8.81. The van der Waals surface area contributed by atoms with E-state index in [1.807, 2.05) is 30.3 Å². The molecule has 3 aromatic rings. The molecule has 0 saturated heterocycles. The van der Waals surface area contributed by atoms with Crippen molar-refractivity contribution in [1.29, 1.82) is 0 Å². The van der Waals surface area contributed by atoms with Crippen LogP contribution in [0.4, 0.5) is 0 Å². The van der Waals surface area contributed by atoms with Crippen molar-refractivity contribution in [2.75, 3.05) is 13.7 Å². The number of ether oxygens (including phenoxy) is 1. The Kier molecular flexibility index (Phi) is 6.10. The Labute approximate surface area is 157 Å². The van der Waals surface area contributed by atoms with Crippen LogP contribution in [0.25, 0.3) is 10.8 Å². The molecule has 2 aromatic carbocycles. The van der Waals surface area contributed by atoms with Crippen LogP contribution in [0.1, 0.15) is 29.0 Å². The molecule has 3 rings (SSSR count). The Morgan fingerprint density at radius 1 is 1.04 bits per heavy atom. The van der Waals surface area contributed by atoms with Gasteiger partial charge >= 0.3 is 0 Å². The highest BCUT2D eigenvalue weighted by Gasteiger charge is 2.08. The fourth-order valence-electron chi connectivity index (χ4n) is 2.74. The van der Waals surface area contributed by atoms with E-state index in [9.17, 15) is 9.59 Å². The molecule has 0 unspecified atom stereocenters. The normalized spacial score (nSPS) is 10.6. The molecule has 0 aliphatic rings. The van der Waals surface area contributed by atoms with Crippen molar-refractivity contribution in [2.24, 2.45) is 0 Å². The molecule has 1 aromatic heterocycles. The first-order chi connectivity index (χ1) is 13.2. The molecule has 6 heteroatoms. The number of carbonyl (C=O) groups is 2. The Morgan fingerprint density at radius 3 is 2.63 bits per heavy atom. The van der Waals surface area contributed by atoms with E-state index in [2.05, 4.69) is 16.7 Å². The van der Waals surface area contributed by atoms with Crippen molar-refractivity contribution < 1.29 is 18.7 Å². The van der Waals surface area contributed by atoms with E-state index in [1.54, 1.807) is 19.2 Å². The summed E-state index contributed by atoms with van der Waals surface area (Å²) in [4.78, 5) is 23.7. The molecule has 0 saturated carbocycles. The average Bonchev–Trinajstić information content (AvgIpc) is 3.24. The summed E-state index contributed by atoms with van der Waals surface area (Å²) < 4.78 is 10.2. The molecule has 0 aliphatic heterocycles. The molecular formula is C21H22N2O4. The van der Waals surface area contributed by atoms with Crippen LogP contribution < -0.4 is 15.4 Å². The quantitative estimate of drug-likeness (QED) is 0.600.